The van der Waals surface area contributed by atoms with Gasteiger partial charge in [0, 0.05) is 23.7 Å². The fourth-order valence-electron chi connectivity index (χ4n) is 2.80. The highest BCUT2D eigenvalue weighted by atomic mass is 19.1. The number of carbonyl (C=O) groups excluding carboxylic acids is 1. The van der Waals surface area contributed by atoms with Crippen LogP contribution in [0.25, 0.3) is 10.9 Å². The number of pyridine rings is 1. The SMILES string of the molecule is CCCC(=O)c1cnc2ccc(F)cc2c1Nc1ccc(O)cc1C. The molecule has 0 spiro atoms. The Labute approximate surface area is 145 Å². The molecule has 0 saturated heterocycles. The van der Waals surface area contributed by atoms with Crippen LogP contribution in [-0.2, 0) is 0 Å². The first-order chi connectivity index (χ1) is 12.0. The topological polar surface area (TPSA) is 62.2 Å². The summed E-state index contributed by atoms with van der Waals surface area (Å²) in [6, 6.07) is 9.23. The lowest BCUT2D eigenvalue weighted by Gasteiger charge is -2.16. The van der Waals surface area contributed by atoms with Crippen LogP contribution in [0.15, 0.2) is 42.6 Å². The van der Waals surface area contributed by atoms with Gasteiger partial charge >= 0.3 is 0 Å². The molecule has 5 heteroatoms. The van der Waals surface area contributed by atoms with Gasteiger partial charge < -0.3 is 10.4 Å². The second kappa shape index (κ2) is 6.89. The number of rotatable bonds is 5. The zero-order valence-corrected chi connectivity index (χ0v) is 14.1. The Morgan fingerprint density at radius 2 is 2.04 bits per heavy atom. The van der Waals surface area contributed by atoms with Crippen LogP contribution in [0.2, 0.25) is 0 Å². The quantitative estimate of drug-likeness (QED) is 0.501. The molecule has 4 nitrogen and oxygen atoms in total. The van der Waals surface area contributed by atoms with E-state index in [0.29, 0.717) is 28.6 Å². The number of hydrogen-bond donors (Lipinski definition) is 2. The third-order valence-electron chi connectivity index (χ3n) is 4.08. The van der Waals surface area contributed by atoms with Gasteiger partial charge in [0.25, 0.3) is 0 Å². The molecule has 25 heavy (non-hydrogen) atoms. The number of nitrogens with one attached hydrogen (secondary N) is 1. The summed E-state index contributed by atoms with van der Waals surface area (Å²) in [7, 11) is 0. The average Bonchev–Trinajstić information content (AvgIpc) is 2.57. The summed E-state index contributed by atoms with van der Waals surface area (Å²) < 4.78 is 13.8. The molecule has 128 valence electrons. The summed E-state index contributed by atoms with van der Waals surface area (Å²) >= 11 is 0. The van der Waals surface area contributed by atoms with E-state index in [9.17, 15) is 14.3 Å². The van der Waals surface area contributed by atoms with Crippen LogP contribution >= 0.6 is 0 Å². The summed E-state index contributed by atoms with van der Waals surface area (Å²) in [5.41, 5.74) is 3.13. The molecule has 0 bridgehead atoms. The highest BCUT2D eigenvalue weighted by molar-refractivity contribution is 6.09. The van der Waals surface area contributed by atoms with Gasteiger partial charge in [0.15, 0.2) is 5.78 Å². The van der Waals surface area contributed by atoms with Gasteiger partial charge in [-0.25, -0.2) is 4.39 Å². The number of aryl methyl sites for hydroxylation is 1. The molecular weight excluding hydrogens is 319 g/mol. The molecule has 2 aromatic carbocycles. The summed E-state index contributed by atoms with van der Waals surface area (Å²) in [5.74, 6) is -0.268. The molecule has 0 unspecified atom stereocenters. The first-order valence-electron chi connectivity index (χ1n) is 8.17. The van der Waals surface area contributed by atoms with Crippen LogP contribution in [0.3, 0.4) is 0 Å². The standard InChI is InChI=1S/C20H19FN2O2/c1-3-4-19(25)16-11-22-18-7-5-13(21)10-15(18)20(16)23-17-8-6-14(24)9-12(17)2/h5-11,24H,3-4H2,1-2H3,(H,22,23). The van der Waals surface area contributed by atoms with E-state index in [2.05, 4.69) is 10.3 Å². The third kappa shape index (κ3) is 3.45. The van der Waals surface area contributed by atoms with E-state index in [0.717, 1.165) is 17.7 Å². The molecule has 0 atom stereocenters. The van der Waals surface area contributed by atoms with E-state index in [1.807, 2.05) is 13.8 Å². The summed E-state index contributed by atoms with van der Waals surface area (Å²) in [6.07, 6.45) is 2.65. The maximum Gasteiger partial charge on any atom is 0.166 e. The second-order valence-corrected chi connectivity index (χ2v) is 6.01. The molecule has 0 aliphatic carbocycles. The molecule has 1 heterocycles. The largest absolute Gasteiger partial charge is 0.508 e. The minimum atomic E-state index is -0.389. The van der Waals surface area contributed by atoms with Crippen molar-refractivity contribution in [2.45, 2.75) is 26.7 Å². The number of halogens is 1. The summed E-state index contributed by atoms with van der Waals surface area (Å²) in [5, 5.41) is 13.4. The first-order valence-corrected chi connectivity index (χ1v) is 8.17. The van der Waals surface area contributed by atoms with E-state index < -0.39 is 0 Å². The fraction of sp³-hybridized carbons (Fsp3) is 0.200. The number of hydrogen-bond acceptors (Lipinski definition) is 4. The molecule has 3 aromatic rings. The monoisotopic (exact) mass is 338 g/mol. The lowest BCUT2D eigenvalue weighted by Crippen LogP contribution is -2.06. The van der Waals surface area contributed by atoms with Crippen molar-refractivity contribution in [2.24, 2.45) is 0 Å². The molecule has 0 fully saturated rings. The number of Topliss-reactive ketones (excluding diaryl/α,β-unsaturated/α-hetero) is 1. The zero-order valence-electron chi connectivity index (χ0n) is 14.1. The van der Waals surface area contributed by atoms with E-state index in [1.165, 1.54) is 18.3 Å². The van der Waals surface area contributed by atoms with E-state index in [4.69, 9.17) is 0 Å². The number of nitrogens with zero attached hydrogens (tertiary/aromatic N) is 1. The maximum atomic E-state index is 13.8. The van der Waals surface area contributed by atoms with Crippen molar-refractivity contribution in [2.75, 3.05) is 5.32 Å². The number of phenolic OH excluding ortho intramolecular Hbond substituents is 1. The van der Waals surface area contributed by atoms with Crippen LogP contribution in [0.5, 0.6) is 5.75 Å². The summed E-state index contributed by atoms with van der Waals surface area (Å²) in [6.45, 7) is 3.78. The molecule has 0 aliphatic heterocycles. The predicted octanol–water partition coefficient (Wildman–Crippen LogP) is 5.11. The van der Waals surface area contributed by atoms with Gasteiger partial charge in [-0.15, -0.1) is 0 Å². The maximum absolute atomic E-state index is 13.8. The Morgan fingerprint density at radius 3 is 2.76 bits per heavy atom. The van der Waals surface area contributed by atoms with Gasteiger partial charge in [-0.1, -0.05) is 6.92 Å². The van der Waals surface area contributed by atoms with Crippen LogP contribution < -0.4 is 5.32 Å². The molecule has 0 radical (unpaired) electrons. The number of carbonyl (C=O) groups is 1. The number of aromatic nitrogens is 1. The molecule has 1 aromatic heterocycles. The Kier molecular flexibility index (Phi) is 4.65. The van der Waals surface area contributed by atoms with Crippen LogP contribution in [0.1, 0.15) is 35.7 Å². The van der Waals surface area contributed by atoms with Gasteiger partial charge in [-0.3, -0.25) is 9.78 Å². The summed E-state index contributed by atoms with van der Waals surface area (Å²) in [4.78, 5) is 16.8. The number of aromatic hydroxyl groups is 1. The first kappa shape index (κ1) is 16.9. The van der Waals surface area contributed by atoms with Crippen LogP contribution in [0.4, 0.5) is 15.8 Å². The zero-order chi connectivity index (χ0) is 18.0. The van der Waals surface area contributed by atoms with Crippen molar-refractivity contribution < 1.29 is 14.3 Å². The van der Waals surface area contributed by atoms with Gasteiger partial charge in [0.05, 0.1) is 16.8 Å². The number of phenols is 1. The molecular formula is C20H19FN2O2. The minimum absolute atomic E-state index is 0.0416. The Hall–Kier alpha value is -2.95. The molecule has 0 amide bonds. The lowest BCUT2D eigenvalue weighted by molar-refractivity contribution is 0.0982. The van der Waals surface area contributed by atoms with Crippen LogP contribution in [-0.4, -0.2) is 15.9 Å². The smallest absolute Gasteiger partial charge is 0.166 e. The van der Waals surface area contributed by atoms with Gasteiger partial charge in [-0.2, -0.15) is 0 Å². The van der Waals surface area contributed by atoms with Crippen molar-refractivity contribution in [3.05, 3.63) is 59.5 Å². The number of fused-ring (bicyclic) bond motifs is 1. The average molecular weight is 338 g/mol. The lowest BCUT2D eigenvalue weighted by atomic mass is 10.0. The van der Waals surface area contributed by atoms with Crippen molar-refractivity contribution in [3.8, 4) is 5.75 Å². The predicted molar refractivity (Wildman–Crippen MR) is 97.1 cm³/mol. The van der Waals surface area contributed by atoms with Crippen molar-refractivity contribution in [1.29, 1.82) is 0 Å². The third-order valence-corrected chi connectivity index (χ3v) is 4.08. The molecule has 2 N–H and O–H groups in total. The van der Waals surface area contributed by atoms with Gasteiger partial charge in [0.2, 0.25) is 0 Å². The van der Waals surface area contributed by atoms with Gasteiger partial charge in [-0.05, 0) is 55.3 Å². The second-order valence-electron chi connectivity index (χ2n) is 6.01. The Morgan fingerprint density at radius 1 is 1.24 bits per heavy atom. The van der Waals surface area contributed by atoms with Crippen molar-refractivity contribution in [1.82, 2.24) is 4.98 Å². The van der Waals surface area contributed by atoms with Crippen molar-refractivity contribution >= 4 is 28.1 Å². The minimum Gasteiger partial charge on any atom is -0.508 e. The van der Waals surface area contributed by atoms with E-state index in [-0.39, 0.29) is 17.3 Å². The Balaban J connectivity index is 2.19. The van der Waals surface area contributed by atoms with Gasteiger partial charge in [0.1, 0.15) is 11.6 Å². The van der Waals surface area contributed by atoms with E-state index >= 15 is 0 Å². The number of ketones is 1. The van der Waals surface area contributed by atoms with E-state index in [1.54, 1.807) is 24.3 Å². The number of anilines is 2. The highest BCUT2D eigenvalue weighted by Crippen LogP contribution is 2.32. The normalized spacial score (nSPS) is 10.8. The molecule has 0 aliphatic rings. The Bertz CT molecular complexity index is 954. The van der Waals surface area contributed by atoms with Crippen molar-refractivity contribution in [3.63, 3.8) is 0 Å². The molecule has 0 saturated carbocycles. The molecule has 3 rings (SSSR count). The number of benzene rings is 2. The fourth-order valence-corrected chi connectivity index (χ4v) is 2.80. The highest BCUT2D eigenvalue weighted by Gasteiger charge is 2.16. The van der Waals surface area contributed by atoms with Crippen LogP contribution in [0, 0.1) is 12.7 Å².